The standard InChI is InChI=1S/C20H30N2O2/c1-16(2)18-13-22(20(23)15-21-11-7-4-8-12-21)14-19(24-18)17-9-5-3-6-10-17/h3,5-6,9-10,16,18-19H,4,7-8,11-15H2,1-2H3/t18-,19+/m1/s1. The van der Waals surface area contributed by atoms with Crippen LogP contribution in [-0.4, -0.2) is 54.5 Å². The summed E-state index contributed by atoms with van der Waals surface area (Å²) in [6.07, 6.45) is 3.83. The van der Waals surface area contributed by atoms with Crippen LogP contribution in [0.1, 0.15) is 44.8 Å². The minimum Gasteiger partial charge on any atom is -0.366 e. The first-order chi connectivity index (χ1) is 11.6. The summed E-state index contributed by atoms with van der Waals surface area (Å²) < 4.78 is 6.30. The summed E-state index contributed by atoms with van der Waals surface area (Å²) in [4.78, 5) is 17.2. The maximum atomic E-state index is 12.8. The second kappa shape index (κ2) is 8.13. The Bertz CT molecular complexity index is 526. The van der Waals surface area contributed by atoms with Gasteiger partial charge in [-0.2, -0.15) is 0 Å². The number of carbonyl (C=O) groups is 1. The van der Waals surface area contributed by atoms with Gasteiger partial charge in [0.15, 0.2) is 0 Å². The van der Waals surface area contributed by atoms with Crippen molar-refractivity contribution in [1.29, 1.82) is 0 Å². The maximum Gasteiger partial charge on any atom is 0.236 e. The summed E-state index contributed by atoms with van der Waals surface area (Å²) in [7, 11) is 0. The SMILES string of the molecule is CC(C)[C@H]1CN(C(=O)CN2CCCCC2)C[C@@H](c2ccccc2)O1. The van der Waals surface area contributed by atoms with Gasteiger partial charge in [-0.05, 0) is 37.4 Å². The van der Waals surface area contributed by atoms with E-state index in [2.05, 4.69) is 30.9 Å². The highest BCUT2D eigenvalue weighted by Crippen LogP contribution is 2.28. The molecule has 4 nitrogen and oxygen atoms in total. The second-order valence-corrected chi connectivity index (χ2v) is 7.45. The Labute approximate surface area is 145 Å². The Kier molecular flexibility index (Phi) is 5.90. The molecule has 2 saturated heterocycles. The molecule has 2 atom stereocenters. The minimum absolute atomic E-state index is 0.0161. The van der Waals surface area contributed by atoms with Gasteiger partial charge in [-0.3, -0.25) is 9.69 Å². The fourth-order valence-electron chi connectivity index (χ4n) is 3.62. The minimum atomic E-state index is -0.0161. The zero-order valence-corrected chi connectivity index (χ0v) is 15.0. The van der Waals surface area contributed by atoms with E-state index in [0.717, 1.165) is 13.1 Å². The lowest BCUT2D eigenvalue weighted by atomic mass is 10.0. The quantitative estimate of drug-likeness (QED) is 0.850. The van der Waals surface area contributed by atoms with Crippen LogP contribution in [0.15, 0.2) is 30.3 Å². The van der Waals surface area contributed by atoms with Crippen LogP contribution in [0.2, 0.25) is 0 Å². The van der Waals surface area contributed by atoms with Crippen molar-refractivity contribution in [3.63, 3.8) is 0 Å². The second-order valence-electron chi connectivity index (χ2n) is 7.45. The van der Waals surface area contributed by atoms with Crippen LogP contribution >= 0.6 is 0 Å². The molecule has 2 heterocycles. The molecule has 0 unspecified atom stereocenters. The summed E-state index contributed by atoms with van der Waals surface area (Å²) in [5.74, 6) is 0.661. The molecule has 0 N–H and O–H groups in total. The number of nitrogens with zero attached hydrogens (tertiary/aromatic N) is 2. The third-order valence-electron chi connectivity index (χ3n) is 5.20. The predicted molar refractivity (Wildman–Crippen MR) is 95.8 cm³/mol. The van der Waals surface area contributed by atoms with Crippen molar-refractivity contribution in [2.75, 3.05) is 32.7 Å². The third-order valence-corrected chi connectivity index (χ3v) is 5.20. The topological polar surface area (TPSA) is 32.8 Å². The average molecular weight is 330 g/mol. The number of rotatable bonds is 4. The summed E-state index contributed by atoms with van der Waals surface area (Å²) in [5.41, 5.74) is 1.17. The Morgan fingerprint density at radius 3 is 2.50 bits per heavy atom. The highest BCUT2D eigenvalue weighted by molar-refractivity contribution is 5.78. The zero-order chi connectivity index (χ0) is 16.9. The number of amides is 1. The molecule has 1 aromatic rings. The van der Waals surface area contributed by atoms with Crippen LogP contribution in [0.25, 0.3) is 0 Å². The molecule has 0 bridgehead atoms. The molecule has 1 aromatic carbocycles. The van der Waals surface area contributed by atoms with Gasteiger partial charge in [-0.1, -0.05) is 50.6 Å². The van der Waals surface area contributed by atoms with Crippen LogP contribution in [0, 0.1) is 5.92 Å². The summed E-state index contributed by atoms with van der Waals surface area (Å²) in [6.45, 7) is 8.41. The summed E-state index contributed by atoms with van der Waals surface area (Å²) in [6, 6.07) is 10.3. The van der Waals surface area contributed by atoms with E-state index in [-0.39, 0.29) is 18.1 Å². The van der Waals surface area contributed by atoms with E-state index in [1.807, 2.05) is 23.1 Å². The number of hydrogen-bond donors (Lipinski definition) is 0. The largest absolute Gasteiger partial charge is 0.366 e. The van der Waals surface area contributed by atoms with E-state index in [0.29, 0.717) is 25.6 Å². The van der Waals surface area contributed by atoms with E-state index in [1.54, 1.807) is 0 Å². The van der Waals surface area contributed by atoms with E-state index in [9.17, 15) is 4.79 Å². The number of piperidine rings is 1. The zero-order valence-electron chi connectivity index (χ0n) is 15.0. The third kappa shape index (κ3) is 4.37. The highest BCUT2D eigenvalue weighted by atomic mass is 16.5. The number of likely N-dealkylation sites (tertiary alicyclic amines) is 1. The van der Waals surface area contributed by atoms with Crippen LogP contribution in [0.4, 0.5) is 0 Å². The molecular formula is C20H30N2O2. The lowest BCUT2D eigenvalue weighted by Crippen LogP contribution is -2.51. The van der Waals surface area contributed by atoms with Crippen molar-refractivity contribution in [3.05, 3.63) is 35.9 Å². The fraction of sp³-hybridized carbons (Fsp3) is 0.650. The van der Waals surface area contributed by atoms with Crippen molar-refractivity contribution in [1.82, 2.24) is 9.80 Å². The van der Waals surface area contributed by atoms with E-state index < -0.39 is 0 Å². The molecule has 3 rings (SSSR count). The summed E-state index contributed by atoms with van der Waals surface area (Å²) in [5, 5.41) is 0. The fourth-order valence-corrected chi connectivity index (χ4v) is 3.62. The lowest BCUT2D eigenvalue weighted by Gasteiger charge is -2.41. The van der Waals surface area contributed by atoms with Gasteiger partial charge >= 0.3 is 0 Å². The molecular weight excluding hydrogens is 300 g/mol. The van der Waals surface area contributed by atoms with Gasteiger partial charge in [0.05, 0.1) is 19.2 Å². The summed E-state index contributed by atoms with van der Waals surface area (Å²) >= 11 is 0. The van der Waals surface area contributed by atoms with Gasteiger partial charge in [0.25, 0.3) is 0 Å². The molecule has 0 saturated carbocycles. The first-order valence-electron chi connectivity index (χ1n) is 9.34. The van der Waals surface area contributed by atoms with Gasteiger partial charge in [0, 0.05) is 6.54 Å². The molecule has 0 spiro atoms. The smallest absolute Gasteiger partial charge is 0.236 e. The van der Waals surface area contributed by atoms with Gasteiger partial charge in [-0.25, -0.2) is 0 Å². The van der Waals surface area contributed by atoms with E-state index in [4.69, 9.17) is 4.74 Å². The van der Waals surface area contributed by atoms with E-state index in [1.165, 1.54) is 24.8 Å². The Morgan fingerprint density at radius 1 is 1.12 bits per heavy atom. The number of carbonyl (C=O) groups excluding carboxylic acids is 1. The molecule has 2 aliphatic rings. The van der Waals surface area contributed by atoms with Crippen LogP contribution in [-0.2, 0) is 9.53 Å². The van der Waals surface area contributed by atoms with Crippen LogP contribution < -0.4 is 0 Å². The molecule has 1 amide bonds. The van der Waals surface area contributed by atoms with Gasteiger partial charge in [0.2, 0.25) is 5.91 Å². The molecule has 0 aliphatic carbocycles. The first kappa shape index (κ1) is 17.4. The highest BCUT2D eigenvalue weighted by Gasteiger charge is 2.33. The molecule has 4 heteroatoms. The normalized spacial score (nSPS) is 25.9. The molecule has 2 fully saturated rings. The molecule has 0 radical (unpaired) electrons. The lowest BCUT2D eigenvalue weighted by molar-refractivity contribution is -0.151. The number of benzene rings is 1. The van der Waals surface area contributed by atoms with Gasteiger partial charge in [0.1, 0.15) is 6.10 Å². The first-order valence-corrected chi connectivity index (χ1v) is 9.34. The molecule has 132 valence electrons. The monoisotopic (exact) mass is 330 g/mol. The van der Waals surface area contributed by atoms with Crippen LogP contribution in [0.3, 0.4) is 0 Å². The number of morpholine rings is 1. The maximum absolute atomic E-state index is 12.8. The Balaban J connectivity index is 1.67. The Morgan fingerprint density at radius 2 is 1.83 bits per heavy atom. The predicted octanol–water partition coefficient (Wildman–Crippen LogP) is 3.10. The van der Waals surface area contributed by atoms with Crippen molar-refractivity contribution >= 4 is 5.91 Å². The van der Waals surface area contributed by atoms with Crippen molar-refractivity contribution < 1.29 is 9.53 Å². The molecule has 24 heavy (non-hydrogen) atoms. The molecule has 2 aliphatic heterocycles. The van der Waals surface area contributed by atoms with Crippen LogP contribution in [0.5, 0.6) is 0 Å². The average Bonchev–Trinajstić information content (AvgIpc) is 2.63. The number of hydrogen-bond acceptors (Lipinski definition) is 3. The van der Waals surface area contributed by atoms with Crippen molar-refractivity contribution in [2.24, 2.45) is 5.92 Å². The Hall–Kier alpha value is -1.39. The van der Waals surface area contributed by atoms with Crippen molar-refractivity contribution in [3.8, 4) is 0 Å². The number of ether oxygens (including phenoxy) is 1. The van der Waals surface area contributed by atoms with E-state index >= 15 is 0 Å². The van der Waals surface area contributed by atoms with Crippen molar-refractivity contribution in [2.45, 2.75) is 45.3 Å². The van der Waals surface area contributed by atoms with Gasteiger partial charge in [-0.15, -0.1) is 0 Å². The van der Waals surface area contributed by atoms with Gasteiger partial charge < -0.3 is 9.64 Å². The molecule has 0 aromatic heterocycles.